The number of ether oxygens (including phenoxy) is 1. The van der Waals surface area contributed by atoms with Crippen LogP contribution in [-0.2, 0) is 14.3 Å². The number of hydrogen-bond acceptors (Lipinski definition) is 4. The third-order valence-electron chi connectivity index (χ3n) is 3.73. The van der Waals surface area contributed by atoms with E-state index in [0.29, 0.717) is 45.7 Å². The zero-order chi connectivity index (χ0) is 13.7. The Morgan fingerprint density at radius 2 is 1.65 bits per heavy atom. The van der Waals surface area contributed by atoms with Crippen molar-refractivity contribution in [3.63, 3.8) is 0 Å². The minimum atomic E-state index is 0. The van der Waals surface area contributed by atoms with Crippen LogP contribution in [0.2, 0.25) is 0 Å². The molecule has 0 saturated carbocycles. The maximum Gasteiger partial charge on any atom is 0.223 e. The number of carbonyl (C=O) groups is 2. The topological polar surface area (TPSA) is 75.9 Å². The van der Waals surface area contributed by atoms with Gasteiger partial charge in [-0.05, 0) is 12.8 Å². The van der Waals surface area contributed by atoms with E-state index in [9.17, 15) is 9.59 Å². The van der Waals surface area contributed by atoms with E-state index in [0.717, 1.165) is 19.4 Å². The Balaban J connectivity index is 0.00000200. The first kappa shape index (κ1) is 17.2. The molecule has 0 radical (unpaired) electrons. The number of amides is 2. The molecule has 0 aromatic rings. The summed E-state index contributed by atoms with van der Waals surface area (Å²) in [7, 11) is 0. The molecular formula is C13H24ClN3O3. The van der Waals surface area contributed by atoms with E-state index in [1.165, 1.54) is 0 Å². The van der Waals surface area contributed by atoms with Crippen molar-refractivity contribution in [2.75, 3.05) is 39.4 Å². The van der Waals surface area contributed by atoms with Crippen LogP contribution in [0.1, 0.15) is 25.7 Å². The molecule has 1 atom stereocenters. The standard InChI is InChI=1S/C13H23N3O3.ClH/c14-11-2-1-5-16(10-11)13(18)4-3-12(17)15-6-8-19-9-7-15;/h11H,1-10,14H2;1H. The Kier molecular flexibility index (Phi) is 7.26. The summed E-state index contributed by atoms with van der Waals surface area (Å²) >= 11 is 0. The molecule has 2 N–H and O–H groups in total. The van der Waals surface area contributed by atoms with Crippen LogP contribution in [-0.4, -0.2) is 67.0 Å². The summed E-state index contributed by atoms with van der Waals surface area (Å²) < 4.78 is 5.20. The molecule has 0 aliphatic carbocycles. The van der Waals surface area contributed by atoms with E-state index in [1.54, 1.807) is 9.80 Å². The monoisotopic (exact) mass is 305 g/mol. The van der Waals surface area contributed by atoms with Gasteiger partial charge in [0.1, 0.15) is 0 Å². The summed E-state index contributed by atoms with van der Waals surface area (Å²) in [5.41, 5.74) is 5.85. The highest BCUT2D eigenvalue weighted by Crippen LogP contribution is 2.11. The lowest BCUT2D eigenvalue weighted by molar-refractivity contribution is -0.139. The summed E-state index contributed by atoms with van der Waals surface area (Å²) in [6, 6.07) is 0.0904. The van der Waals surface area contributed by atoms with Gasteiger partial charge in [-0.25, -0.2) is 0 Å². The van der Waals surface area contributed by atoms with Gasteiger partial charge in [0.25, 0.3) is 0 Å². The molecule has 0 aromatic carbocycles. The van der Waals surface area contributed by atoms with Gasteiger partial charge < -0.3 is 20.3 Å². The molecule has 1 unspecified atom stereocenters. The SMILES string of the molecule is Cl.NC1CCCN(C(=O)CCC(=O)N2CCOCC2)C1. The molecule has 0 aromatic heterocycles. The van der Waals surface area contributed by atoms with E-state index in [-0.39, 0.29) is 30.3 Å². The molecule has 0 bridgehead atoms. The van der Waals surface area contributed by atoms with Gasteiger partial charge >= 0.3 is 0 Å². The second kappa shape index (κ2) is 8.44. The van der Waals surface area contributed by atoms with Gasteiger partial charge in [-0.2, -0.15) is 0 Å². The van der Waals surface area contributed by atoms with Crippen molar-refractivity contribution in [1.29, 1.82) is 0 Å². The summed E-state index contributed by atoms with van der Waals surface area (Å²) in [6.07, 6.45) is 2.54. The Morgan fingerprint density at radius 3 is 2.25 bits per heavy atom. The smallest absolute Gasteiger partial charge is 0.223 e. The zero-order valence-corrected chi connectivity index (χ0v) is 12.6. The predicted octanol–water partition coefficient (Wildman–Crippen LogP) is -0.00310. The lowest BCUT2D eigenvalue weighted by Crippen LogP contribution is -2.46. The van der Waals surface area contributed by atoms with Crippen LogP contribution in [0.25, 0.3) is 0 Å². The predicted molar refractivity (Wildman–Crippen MR) is 77.7 cm³/mol. The second-order valence-corrected chi connectivity index (χ2v) is 5.24. The van der Waals surface area contributed by atoms with Crippen molar-refractivity contribution in [2.45, 2.75) is 31.7 Å². The number of nitrogens with two attached hydrogens (primary N) is 1. The van der Waals surface area contributed by atoms with Gasteiger partial charge in [0, 0.05) is 45.1 Å². The number of carbonyl (C=O) groups excluding carboxylic acids is 2. The van der Waals surface area contributed by atoms with Crippen LogP contribution in [0.3, 0.4) is 0 Å². The van der Waals surface area contributed by atoms with Crippen LogP contribution in [0.15, 0.2) is 0 Å². The van der Waals surface area contributed by atoms with Crippen LogP contribution >= 0.6 is 12.4 Å². The fourth-order valence-electron chi connectivity index (χ4n) is 2.58. The molecule has 2 aliphatic heterocycles. The molecular weight excluding hydrogens is 282 g/mol. The third-order valence-corrected chi connectivity index (χ3v) is 3.73. The van der Waals surface area contributed by atoms with Gasteiger partial charge in [-0.3, -0.25) is 9.59 Å². The highest BCUT2D eigenvalue weighted by atomic mass is 35.5. The number of hydrogen-bond donors (Lipinski definition) is 1. The van der Waals surface area contributed by atoms with E-state index in [1.807, 2.05) is 0 Å². The summed E-state index contributed by atoms with van der Waals surface area (Å²) in [4.78, 5) is 27.5. The summed E-state index contributed by atoms with van der Waals surface area (Å²) in [6.45, 7) is 3.88. The quantitative estimate of drug-likeness (QED) is 0.796. The van der Waals surface area contributed by atoms with Crippen molar-refractivity contribution in [2.24, 2.45) is 5.73 Å². The van der Waals surface area contributed by atoms with Crippen LogP contribution in [0.5, 0.6) is 0 Å². The van der Waals surface area contributed by atoms with E-state index in [4.69, 9.17) is 10.5 Å². The van der Waals surface area contributed by atoms with Crippen molar-refractivity contribution < 1.29 is 14.3 Å². The third kappa shape index (κ3) is 4.92. The van der Waals surface area contributed by atoms with E-state index >= 15 is 0 Å². The van der Waals surface area contributed by atoms with Gasteiger partial charge in [-0.15, -0.1) is 12.4 Å². The number of piperidine rings is 1. The number of rotatable bonds is 3. The molecule has 2 aliphatic rings. The Bertz CT molecular complexity index is 335. The molecule has 2 saturated heterocycles. The summed E-state index contributed by atoms with van der Waals surface area (Å²) in [5, 5.41) is 0. The van der Waals surface area contributed by atoms with Gasteiger partial charge in [-0.1, -0.05) is 0 Å². The number of halogens is 1. The zero-order valence-electron chi connectivity index (χ0n) is 11.8. The molecule has 20 heavy (non-hydrogen) atoms. The molecule has 2 fully saturated rings. The lowest BCUT2D eigenvalue weighted by atomic mass is 10.1. The fraction of sp³-hybridized carbons (Fsp3) is 0.846. The average molecular weight is 306 g/mol. The Hall–Kier alpha value is -0.850. The van der Waals surface area contributed by atoms with Crippen molar-refractivity contribution in [3.05, 3.63) is 0 Å². The number of nitrogens with zero attached hydrogens (tertiary/aromatic N) is 2. The van der Waals surface area contributed by atoms with Crippen LogP contribution < -0.4 is 5.73 Å². The largest absolute Gasteiger partial charge is 0.378 e. The summed E-state index contributed by atoms with van der Waals surface area (Å²) in [5.74, 6) is 0.106. The molecule has 7 heteroatoms. The van der Waals surface area contributed by atoms with Crippen molar-refractivity contribution in [3.8, 4) is 0 Å². The van der Waals surface area contributed by atoms with Gasteiger partial charge in [0.05, 0.1) is 13.2 Å². The first-order chi connectivity index (χ1) is 9.16. The molecule has 2 amide bonds. The average Bonchev–Trinajstić information content (AvgIpc) is 2.45. The second-order valence-electron chi connectivity index (χ2n) is 5.24. The lowest BCUT2D eigenvalue weighted by Gasteiger charge is -2.31. The van der Waals surface area contributed by atoms with Crippen molar-refractivity contribution in [1.82, 2.24) is 9.80 Å². The normalized spacial score (nSPS) is 23.1. The first-order valence-electron chi connectivity index (χ1n) is 7.05. The number of likely N-dealkylation sites (tertiary alicyclic amines) is 1. The maximum absolute atomic E-state index is 12.0. The number of morpholine rings is 1. The fourth-order valence-corrected chi connectivity index (χ4v) is 2.58. The minimum absolute atomic E-state index is 0. The Labute approximate surface area is 126 Å². The highest BCUT2D eigenvalue weighted by molar-refractivity contribution is 5.85. The van der Waals surface area contributed by atoms with Crippen LogP contribution in [0, 0.1) is 0 Å². The van der Waals surface area contributed by atoms with Gasteiger partial charge in [0.15, 0.2) is 0 Å². The minimum Gasteiger partial charge on any atom is -0.378 e. The highest BCUT2D eigenvalue weighted by Gasteiger charge is 2.23. The van der Waals surface area contributed by atoms with Gasteiger partial charge in [0.2, 0.25) is 11.8 Å². The maximum atomic E-state index is 12.0. The van der Waals surface area contributed by atoms with Crippen LogP contribution in [0.4, 0.5) is 0 Å². The molecule has 0 spiro atoms. The van der Waals surface area contributed by atoms with E-state index in [2.05, 4.69) is 0 Å². The molecule has 2 rings (SSSR count). The Morgan fingerprint density at radius 1 is 1.05 bits per heavy atom. The first-order valence-corrected chi connectivity index (χ1v) is 7.05. The molecule has 2 heterocycles. The molecule has 6 nitrogen and oxygen atoms in total. The molecule has 116 valence electrons. The van der Waals surface area contributed by atoms with E-state index < -0.39 is 0 Å². The van der Waals surface area contributed by atoms with Crippen molar-refractivity contribution >= 4 is 24.2 Å².